The summed E-state index contributed by atoms with van der Waals surface area (Å²) in [5.74, 6) is 1.34. The van der Waals surface area contributed by atoms with Crippen molar-refractivity contribution in [3.8, 4) is 5.88 Å². The number of nitrogens with one attached hydrogen (secondary N) is 1. The molecule has 114 valence electrons. The third-order valence-corrected chi connectivity index (χ3v) is 4.44. The third-order valence-electron chi connectivity index (χ3n) is 3.89. The molecule has 3 rings (SSSR count). The number of hydrogen-bond donors (Lipinski definition) is 1. The summed E-state index contributed by atoms with van der Waals surface area (Å²) >= 11 is 3.35. The second kappa shape index (κ2) is 6.17. The summed E-state index contributed by atoms with van der Waals surface area (Å²) < 4.78 is 5.94. The summed E-state index contributed by atoms with van der Waals surface area (Å²) in [6.07, 6.45) is 5.84. The van der Waals surface area contributed by atoms with E-state index in [-0.39, 0.29) is 11.8 Å². The van der Waals surface area contributed by atoms with Crippen LogP contribution >= 0.6 is 15.9 Å². The molecule has 1 aliphatic carbocycles. The minimum atomic E-state index is 0.0255. The maximum Gasteiger partial charge on any atom is 0.232 e. The Hall–Kier alpha value is -1.37. The number of nitrogens with zero attached hydrogens (tertiary/aromatic N) is 3. The monoisotopic (exact) mass is 354 g/mol. The molecule has 7 heteroatoms. The van der Waals surface area contributed by atoms with Gasteiger partial charge >= 0.3 is 0 Å². The van der Waals surface area contributed by atoms with E-state index in [0.717, 1.165) is 36.7 Å². The second-order valence-electron chi connectivity index (χ2n) is 5.60. The number of amides is 1. The molecule has 1 saturated carbocycles. The van der Waals surface area contributed by atoms with Crippen LogP contribution in [0.25, 0.3) is 0 Å². The van der Waals surface area contributed by atoms with Gasteiger partial charge in [-0.3, -0.25) is 4.79 Å². The van der Waals surface area contributed by atoms with E-state index in [0.29, 0.717) is 24.4 Å². The van der Waals surface area contributed by atoms with Gasteiger partial charge in [-0.05, 0) is 41.6 Å². The number of methoxy groups -OCH3 is 1. The Morgan fingerprint density at radius 1 is 1.48 bits per heavy atom. The first kappa shape index (κ1) is 14.6. The van der Waals surface area contributed by atoms with Crippen LogP contribution in [0.4, 0.5) is 5.95 Å². The van der Waals surface area contributed by atoms with Gasteiger partial charge in [0.15, 0.2) is 0 Å². The van der Waals surface area contributed by atoms with Crippen LogP contribution in [0.15, 0.2) is 10.7 Å². The Balaban J connectivity index is 1.68. The summed E-state index contributed by atoms with van der Waals surface area (Å²) in [7, 11) is 1.58. The first-order chi connectivity index (χ1) is 10.2. The molecule has 1 aliphatic heterocycles. The fraction of sp³-hybridized carbons (Fsp3) is 0.643. The van der Waals surface area contributed by atoms with Crippen molar-refractivity contribution in [2.45, 2.75) is 31.7 Å². The molecule has 1 aromatic heterocycles. The summed E-state index contributed by atoms with van der Waals surface area (Å²) in [5.41, 5.74) is 0. The zero-order chi connectivity index (χ0) is 14.8. The average molecular weight is 355 g/mol. The van der Waals surface area contributed by atoms with Crippen molar-refractivity contribution in [3.63, 3.8) is 0 Å². The van der Waals surface area contributed by atoms with Crippen molar-refractivity contribution in [3.05, 3.63) is 10.7 Å². The van der Waals surface area contributed by atoms with E-state index >= 15 is 0 Å². The van der Waals surface area contributed by atoms with Crippen LogP contribution in [0, 0.1) is 5.92 Å². The lowest BCUT2D eigenvalue weighted by molar-refractivity contribution is -0.125. The molecule has 2 heterocycles. The topological polar surface area (TPSA) is 67.3 Å². The Kier molecular flexibility index (Phi) is 4.28. The Morgan fingerprint density at radius 2 is 2.29 bits per heavy atom. The van der Waals surface area contributed by atoms with Crippen molar-refractivity contribution in [1.29, 1.82) is 0 Å². The highest BCUT2D eigenvalue weighted by atomic mass is 79.9. The molecule has 2 aliphatic rings. The zero-order valence-electron chi connectivity index (χ0n) is 12.0. The van der Waals surface area contributed by atoms with Crippen LogP contribution in [0.5, 0.6) is 5.88 Å². The maximum atomic E-state index is 12.2. The minimum absolute atomic E-state index is 0.0255. The van der Waals surface area contributed by atoms with E-state index in [9.17, 15) is 4.79 Å². The summed E-state index contributed by atoms with van der Waals surface area (Å²) in [5, 5.41) is 3.09. The first-order valence-electron chi connectivity index (χ1n) is 7.29. The van der Waals surface area contributed by atoms with Crippen LogP contribution in [-0.4, -0.2) is 42.1 Å². The molecule has 0 aromatic carbocycles. The van der Waals surface area contributed by atoms with E-state index in [1.54, 1.807) is 13.3 Å². The highest BCUT2D eigenvalue weighted by Crippen LogP contribution is 2.27. The van der Waals surface area contributed by atoms with Crippen LogP contribution in [0.2, 0.25) is 0 Å². The number of aromatic nitrogens is 2. The normalized spacial score (nSPS) is 22.0. The second-order valence-corrected chi connectivity index (χ2v) is 6.45. The van der Waals surface area contributed by atoms with Crippen LogP contribution in [-0.2, 0) is 4.79 Å². The lowest BCUT2D eigenvalue weighted by Crippen LogP contribution is -2.44. The predicted molar refractivity (Wildman–Crippen MR) is 82.4 cm³/mol. The lowest BCUT2D eigenvalue weighted by atomic mass is 9.97. The molecule has 21 heavy (non-hydrogen) atoms. The molecule has 1 unspecified atom stereocenters. The quantitative estimate of drug-likeness (QED) is 0.891. The maximum absolute atomic E-state index is 12.2. The molecule has 1 amide bonds. The number of hydrogen-bond acceptors (Lipinski definition) is 5. The zero-order valence-corrected chi connectivity index (χ0v) is 13.6. The number of carbonyl (C=O) groups excluding carboxylic acids is 1. The summed E-state index contributed by atoms with van der Waals surface area (Å²) in [6, 6.07) is 0.414. The van der Waals surface area contributed by atoms with Crippen molar-refractivity contribution < 1.29 is 9.53 Å². The molecule has 0 bridgehead atoms. The summed E-state index contributed by atoms with van der Waals surface area (Å²) in [4.78, 5) is 23.0. The fourth-order valence-corrected chi connectivity index (χ4v) is 2.91. The van der Waals surface area contributed by atoms with Gasteiger partial charge in [-0.1, -0.05) is 0 Å². The number of ether oxygens (including phenoxy) is 1. The summed E-state index contributed by atoms with van der Waals surface area (Å²) in [6.45, 7) is 1.54. The fourth-order valence-electron chi connectivity index (χ4n) is 2.56. The van der Waals surface area contributed by atoms with E-state index < -0.39 is 0 Å². The number of halogens is 1. The van der Waals surface area contributed by atoms with Gasteiger partial charge in [0.25, 0.3) is 0 Å². The molecular weight excluding hydrogens is 336 g/mol. The predicted octanol–water partition coefficient (Wildman–Crippen LogP) is 1.74. The molecule has 0 spiro atoms. The van der Waals surface area contributed by atoms with Gasteiger partial charge < -0.3 is 15.0 Å². The largest absolute Gasteiger partial charge is 0.480 e. The minimum Gasteiger partial charge on any atom is -0.480 e. The van der Waals surface area contributed by atoms with Gasteiger partial charge in [0.2, 0.25) is 17.7 Å². The van der Waals surface area contributed by atoms with Crippen LogP contribution in [0.1, 0.15) is 25.7 Å². The van der Waals surface area contributed by atoms with E-state index in [2.05, 4.69) is 36.1 Å². The van der Waals surface area contributed by atoms with Crippen molar-refractivity contribution in [2.24, 2.45) is 5.92 Å². The number of anilines is 1. The Bertz CT molecular complexity index is 536. The number of rotatable bonds is 4. The first-order valence-corrected chi connectivity index (χ1v) is 8.08. The van der Waals surface area contributed by atoms with Gasteiger partial charge in [-0.15, -0.1) is 0 Å². The average Bonchev–Trinajstić information content (AvgIpc) is 3.32. The van der Waals surface area contributed by atoms with Gasteiger partial charge in [0, 0.05) is 19.1 Å². The van der Waals surface area contributed by atoms with Crippen molar-refractivity contribution in [2.75, 3.05) is 25.1 Å². The Morgan fingerprint density at radius 3 is 3.00 bits per heavy atom. The molecule has 1 aromatic rings. The molecule has 1 atom stereocenters. The number of carbonyl (C=O) groups is 1. The SMILES string of the molecule is COc1nc(N2CCCC(C(=O)NC3CC3)C2)ncc1Br. The molecule has 1 N–H and O–H groups in total. The van der Waals surface area contributed by atoms with E-state index in [1.807, 2.05) is 0 Å². The van der Waals surface area contributed by atoms with Gasteiger partial charge in [-0.25, -0.2) is 4.98 Å². The van der Waals surface area contributed by atoms with Gasteiger partial charge in [0.1, 0.15) is 0 Å². The van der Waals surface area contributed by atoms with Gasteiger partial charge in [-0.2, -0.15) is 4.98 Å². The van der Waals surface area contributed by atoms with E-state index in [1.165, 1.54) is 0 Å². The molecule has 6 nitrogen and oxygen atoms in total. The number of piperidine rings is 1. The molecule has 1 saturated heterocycles. The Labute approximate surface area is 132 Å². The van der Waals surface area contributed by atoms with Crippen molar-refractivity contribution >= 4 is 27.8 Å². The molecule has 0 radical (unpaired) electrons. The van der Waals surface area contributed by atoms with E-state index in [4.69, 9.17) is 4.74 Å². The molecule has 2 fully saturated rings. The smallest absolute Gasteiger partial charge is 0.232 e. The van der Waals surface area contributed by atoms with Crippen LogP contribution < -0.4 is 15.0 Å². The third kappa shape index (κ3) is 3.45. The lowest BCUT2D eigenvalue weighted by Gasteiger charge is -2.32. The standard InChI is InChI=1S/C14H19BrN4O2/c1-21-13-11(15)7-16-14(18-13)19-6-2-3-9(8-19)12(20)17-10-4-5-10/h7,9-10H,2-6,8H2,1H3,(H,17,20). The highest BCUT2D eigenvalue weighted by molar-refractivity contribution is 9.10. The van der Waals surface area contributed by atoms with Crippen molar-refractivity contribution in [1.82, 2.24) is 15.3 Å². The van der Waals surface area contributed by atoms with Gasteiger partial charge in [0.05, 0.1) is 23.7 Å². The molecular formula is C14H19BrN4O2. The highest BCUT2D eigenvalue weighted by Gasteiger charge is 2.31. The van der Waals surface area contributed by atoms with Crippen LogP contribution in [0.3, 0.4) is 0 Å².